The lowest BCUT2D eigenvalue weighted by Gasteiger charge is -2.62. The first-order chi connectivity index (χ1) is 18.8. The number of carbonyl (C=O) groups excluding carboxylic acids is 4. The van der Waals surface area contributed by atoms with Crippen molar-refractivity contribution in [2.24, 2.45) is 28.6 Å². The number of ether oxygens (including phenoxy) is 2. The zero-order valence-electron chi connectivity index (χ0n) is 24.6. The molecule has 3 saturated carbocycles. The Hall–Kier alpha value is -2.35. The molecule has 4 aliphatic rings. The summed E-state index contributed by atoms with van der Waals surface area (Å²) < 4.78 is 29.1. The standard InChI is InChI=1S/C32H45FO7/c1-6-8-10-27(37)39-19-26(36)32(40-28(38)11-9-7-2)20(3)16-24-23-13-12-21-17-22(34)14-15-29(21,4)31(23,33)25(35)18-30(24,32)5/h14-15,17,20,23-25,35H,6-13,16,18-19H2,1-5H3/t20-,23-,24-,25-,29-,30-,31-,32+/m0/s1. The quantitative estimate of drug-likeness (QED) is 0.358. The molecule has 4 aliphatic carbocycles. The number of hydrogen-bond acceptors (Lipinski definition) is 7. The molecule has 40 heavy (non-hydrogen) atoms. The number of unbranched alkanes of at least 4 members (excludes halogenated alkanes) is 2. The van der Waals surface area contributed by atoms with Gasteiger partial charge < -0.3 is 14.6 Å². The van der Waals surface area contributed by atoms with Gasteiger partial charge in [-0.05, 0) is 63.5 Å². The maximum absolute atomic E-state index is 17.5. The molecule has 0 aromatic carbocycles. The van der Waals surface area contributed by atoms with E-state index in [-0.39, 0.29) is 31.0 Å². The molecule has 0 bridgehead atoms. The van der Waals surface area contributed by atoms with Gasteiger partial charge in [0.15, 0.2) is 23.7 Å². The van der Waals surface area contributed by atoms with Crippen LogP contribution in [0, 0.1) is 28.6 Å². The van der Waals surface area contributed by atoms with E-state index in [0.29, 0.717) is 37.7 Å². The highest BCUT2D eigenvalue weighted by Crippen LogP contribution is 2.71. The van der Waals surface area contributed by atoms with Gasteiger partial charge in [-0.2, -0.15) is 0 Å². The molecule has 0 spiro atoms. The van der Waals surface area contributed by atoms with Crippen LogP contribution in [0.4, 0.5) is 4.39 Å². The Bertz CT molecular complexity index is 1110. The van der Waals surface area contributed by atoms with E-state index < -0.39 is 64.4 Å². The summed E-state index contributed by atoms with van der Waals surface area (Å²) in [6.07, 6.45) is 7.38. The molecular formula is C32H45FO7. The van der Waals surface area contributed by atoms with Crippen molar-refractivity contribution in [3.63, 3.8) is 0 Å². The lowest BCUT2D eigenvalue weighted by atomic mass is 9.44. The number of ketones is 2. The van der Waals surface area contributed by atoms with E-state index in [2.05, 4.69) is 0 Å². The molecule has 0 aliphatic heterocycles. The lowest BCUT2D eigenvalue weighted by molar-refractivity contribution is -0.228. The fourth-order valence-electron chi connectivity index (χ4n) is 8.60. The molecule has 0 amide bonds. The summed E-state index contributed by atoms with van der Waals surface area (Å²) in [5, 5.41) is 11.7. The molecule has 3 fully saturated rings. The molecule has 0 radical (unpaired) electrons. The zero-order chi connectivity index (χ0) is 29.5. The molecule has 0 heterocycles. The first kappa shape index (κ1) is 30.6. The molecule has 8 heteroatoms. The van der Waals surface area contributed by atoms with E-state index >= 15 is 4.39 Å². The molecular weight excluding hydrogens is 515 g/mol. The molecule has 8 atom stereocenters. The second-order valence-electron chi connectivity index (χ2n) is 12.9. The molecule has 1 N–H and O–H groups in total. The average Bonchev–Trinajstić information content (AvgIpc) is 3.12. The summed E-state index contributed by atoms with van der Waals surface area (Å²) in [5.74, 6) is -3.17. The summed E-state index contributed by atoms with van der Waals surface area (Å²) in [7, 11) is 0. The number of hydrogen-bond donors (Lipinski definition) is 1. The zero-order valence-corrected chi connectivity index (χ0v) is 24.6. The Balaban J connectivity index is 1.74. The summed E-state index contributed by atoms with van der Waals surface area (Å²) in [6.45, 7) is 8.80. The first-order valence-electron chi connectivity index (χ1n) is 15.0. The topological polar surface area (TPSA) is 107 Å². The minimum absolute atomic E-state index is 0.101. The van der Waals surface area contributed by atoms with Crippen molar-refractivity contribution < 1.29 is 38.1 Å². The van der Waals surface area contributed by atoms with Crippen molar-refractivity contribution in [2.75, 3.05) is 6.61 Å². The third kappa shape index (κ3) is 4.49. The number of fused-ring (bicyclic) bond motifs is 5. The normalized spacial score (nSPS) is 40.0. The largest absolute Gasteiger partial charge is 0.457 e. The van der Waals surface area contributed by atoms with E-state index in [4.69, 9.17) is 9.47 Å². The number of alkyl halides is 1. The van der Waals surface area contributed by atoms with Gasteiger partial charge in [0, 0.05) is 35.5 Å². The van der Waals surface area contributed by atoms with Gasteiger partial charge in [0.1, 0.15) is 0 Å². The molecule has 0 aromatic heterocycles. The van der Waals surface area contributed by atoms with Crippen LogP contribution in [-0.2, 0) is 28.7 Å². The highest BCUT2D eigenvalue weighted by atomic mass is 19.1. The van der Waals surface area contributed by atoms with Crippen LogP contribution in [0.1, 0.15) is 98.8 Å². The number of esters is 2. The van der Waals surface area contributed by atoms with Crippen LogP contribution in [0.2, 0.25) is 0 Å². The highest BCUT2D eigenvalue weighted by Gasteiger charge is 2.77. The summed E-state index contributed by atoms with van der Waals surface area (Å²) in [6, 6.07) is 0. The van der Waals surface area contributed by atoms with Crippen molar-refractivity contribution in [2.45, 2.75) is 116 Å². The van der Waals surface area contributed by atoms with Gasteiger partial charge in [-0.25, -0.2) is 4.39 Å². The molecule has 0 unspecified atom stereocenters. The second kappa shape index (κ2) is 11.1. The molecule has 7 nitrogen and oxygen atoms in total. The van der Waals surface area contributed by atoms with Crippen molar-refractivity contribution in [1.29, 1.82) is 0 Å². The third-order valence-electron chi connectivity index (χ3n) is 10.7. The molecule has 4 rings (SSSR count). The number of carbonyl (C=O) groups is 4. The van der Waals surface area contributed by atoms with Crippen molar-refractivity contribution in [3.8, 4) is 0 Å². The SMILES string of the molecule is CCCCC(=O)OCC(=O)[C@]1(OC(=O)CCCC)[C@@H](C)C[C@H]2[C@@H]3CCC4=CC(=O)C=C[C@]4(C)[C@@]3(F)[C@@H](O)C[C@@]21C. The van der Waals surface area contributed by atoms with E-state index in [9.17, 15) is 24.3 Å². The van der Waals surface area contributed by atoms with Gasteiger partial charge in [-0.15, -0.1) is 0 Å². The predicted octanol–water partition coefficient (Wildman–Crippen LogP) is 5.38. The van der Waals surface area contributed by atoms with Crippen LogP contribution in [0.15, 0.2) is 23.8 Å². The number of halogens is 1. The van der Waals surface area contributed by atoms with Crippen LogP contribution in [0.5, 0.6) is 0 Å². The number of aliphatic hydroxyl groups excluding tert-OH is 1. The van der Waals surface area contributed by atoms with Crippen molar-refractivity contribution in [1.82, 2.24) is 0 Å². The fourth-order valence-corrected chi connectivity index (χ4v) is 8.60. The van der Waals surface area contributed by atoms with Gasteiger partial charge in [-0.1, -0.05) is 52.2 Å². The Labute approximate surface area is 236 Å². The number of rotatable bonds is 10. The number of aliphatic hydroxyl groups is 1. The summed E-state index contributed by atoms with van der Waals surface area (Å²) >= 11 is 0. The van der Waals surface area contributed by atoms with Crippen molar-refractivity contribution in [3.05, 3.63) is 23.8 Å². The first-order valence-corrected chi connectivity index (χ1v) is 15.0. The highest BCUT2D eigenvalue weighted by molar-refractivity contribution is 6.01. The van der Waals surface area contributed by atoms with Crippen LogP contribution in [0.25, 0.3) is 0 Å². The Morgan fingerprint density at radius 2 is 1.73 bits per heavy atom. The van der Waals surface area contributed by atoms with Gasteiger partial charge in [-0.3, -0.25) is 19.2 Å². The van der Waals surface area contributed by atoms with Gasteiger partial charge in [0.25, 0.3) is 0 Å². The number of allylic oxidation sites excluding steroid dienone is 4. The maximum Gasteiger partial charge on any atom is 0.306 e. The van der Waals surface area contributed by atoms with Crippen LogP contribution >= 0.6 is 0 Å². The van der Waals surface area contributed by atoms with Crippen LogP contribution < -0.4 is 0 Å². The van der Waals surface area contributed by atoms with Crippen LogP contribution in [0.3, 0.4) is 0 Å². The third-order valence-corrected chi connectivity index (χ3v) is 10.7. The summed E-state index contributed by atoms with van der Waals surface area (Å²) in [5.41, 5.74) is -5.27. The van der Waals surface area contributed by atoms with Gasteiger partial charge >= 0.3 is 11.9 Å². The lowest BCUT2D eigenvalue weighted by Crippen LogP contribution is -2.70. The van der Waals surface area contributed by atoms with Gasteiger partial charge in [0.2, 0.25) is 5.78 Å². The monoisotopic (exact) mass is 560 g/mol. The Morgan fingerprint density at radius 3 is 2.38 bits per heavy atom. The van der Waals surface area contributed by atoms with E-state index in [0.717, 1.165) is 12.8 Å². The number of Topliss-reactive ketones (excluding diaryl/α,β-unsaturated/α-hetero) is 1. The van der Waals surface area contributed by atoms with Crippen LogP contribution in [-0.4, -0.2) is 52.6 Å². The fraction of sp³-hybridized carbons (Fsp3) is 0.750. The maximum atomic E-state index is 17.5. The van der Waals surface area contributed by atoms with E-state index in [1.54, 1.807) is 13.0 Å². The van der Waals surface area contributed by atoms with Gasteiger partial charge in [0.05, 0.1) is 6.10 Å². The van der Waals surface area contributed by atoms with E-state index in [1.165, 1.54) is 12.2 Å². The molecule has 0 aromatic rings. The minimum atomic E-state index is -2.06. The Morgan fingerprint density at radius 1 is 1.07 bits per heavy atom. The summed E-state index contributed by atoms with van der Waals surface area (Å²) in [4.78, 5) is 51.7. The smallest absolute Gasteiger partial charge is 0.306 e. The molecule has 0 saturated heterocycles. The predicted molar refractivity (Wildman–Crippen MR) is 147 cm³/mol. The van der Waals surface area contributed by atoms with Crippen molar-refractivity contribution >= 4 is 23.5 Å². The second-order valence-corrected chi connectivity index (χ2v) is 12.9. The Kier molecular flexibility index (Phi) is 8.53. The molecule has 222 valence electrons. The minimum Gasteiger partial charge on any atom is -0.457 e. The average molecular weight is 561 g/mol. The van der Waals surface area contributed by atoms with E-state index in [1.807, 2.05) is 27.7 Å².